The van der Waals surface area contributed by atoms with E-state index in [2.05, 4.69) is 16.9 Å². The van der Waals surface area contributed by atoms with Gasteiger partial charge >= 0.3 is 12.2 Å². The molecule has 0 fully saturated rings. The van der Waals surface area contributed by atoms with Crippen molar-refractivity contribution in [1.29, 1.82) is 0 Å². The van der Waals surface area contributed by atoms with Gasteiger partial charge in [0.25, 0.3) is 0 Å². The third-order valence-corrected chi connectivity index (χ3v) is 4.45. The van der Waals surface area contributed by atoms with Gasteiger partial charge in [0.2, 0.25) is 0 Å². The number of nitrogens with zero attached hydrogens (tertiary/aromatic N) is 1. The van der Waals surface area contributed by atoms with Crippen molar-refractivity contribution in [2.75, 3.05) is 0 Å². The second-order valence-corrected chi connectivity index (χ2v) is 10.0. The van der Waals surface area contributed by atoms with E-state index in [1.54, 1.807) is 47.6 Å². The molecule has 0 radical (unpaired) electrons. The van der Waals surface area contributed by atoms with Crippen molar-refractivity contribution in [2.24, 2.45) is 4.99 Å². The molecule has 0 atom stereocenters. The van der Waals surface area contributed by atoms with Crippen LogP contribution in [-0.4, -0.2) is 29.2 Å². The van der Waals surface area contributed by atoms with E-state index in [1.807, 2.05) is 48.5 Å². The molecule has 1 N–H and O–H groups in total. The Morgan fingerprint density at radius 3 is 2.31 bits per heavy atom. The molecule has 2 aromatic rings. The first kappa shape index (κ1) is 27.6. The molecule has 188 valence electrons. The summed E-state index contributed by atoms with van der Waals surface area (Å²) in [6.45, 7) is 14.7. The molecule has 0 aliphatic carbocycles. The first-order valence-corrected chi connectivity index (χ1v) is 11.6. The maximum Gasteiger partial charge on any atom is 0.435 e. The van der Waals surface area contributed by atoms with Crippen LogP contribution in [0.5, 0.6) is 5.75 Å². The highest BCUT2D eigenvalue weighted by Gasteiger charge is 2.20. The normalized spacial score (nSPS) is 12.0. The third-order valence-electron chi connectivity index (χ3n) is 4.45. The second kappa shape index (κ2) is 12.2. The van der Waals surface area contributed by atoms with Gasteiger partial charge in [0, 0.05) is 6.42 Å². The zero-order valence-electron chi connectivity index (χ0n) is 21.5. The number of rotatable bonds is 7. The van der Waals surface area contributed by atoms with E-state index >= 15 is 0 Å². The van der Waals surface area contributed by atoms with Crippen LogP contribution in [0.4, 0.5) is 9.59 Å². The number of hydrogen-bond donors (Lipinski definition) is 1. The highest BCUT2D eigenvalue weighted by molar-refractivity contribution is 6.00. The summed E-state index contributed by atoms with van der Waals surface area (Å²) in [6, 6.07) is 15.6. The number of amides is 2. The minimum Gasteiger partial charge on any atom is -0.489 e. The predicted molar refractivity (Wildman–Crippen MR) is 139 cm³/mol. The maximum absolute atomic E-state index is 12.3. The van der Waals surface area contributed by atoms with Crippen molar-refractivity contribution in [3.05, 3.63) is 71.8 Å². The smallest absolute Gasteiger partial charge is 0.435 e. The molecular formula is C28H36N2O5. The van der Waals surface area contributed by atoms with Gasteiger partial charge in [0.15, 0.2) is 0 Å². The highest BCUT2D eigenvalue weighted by Crippen LogP contribution is 2.22. The third kappa shape index (κ3) is 10.9. The summed E-state index contributed by atoms with van der Waals surface area (Å²) in [5.41, 5.74) is 1.56. The molecule has 0 bridgehead atoms. The number of ether oxygens (including phenoxy) is 3. The van der Waals surface area contributed by atoms with Crippen LogP contribution < -0.4 is 10.1 Å². The predicted octanol–water partition coefficient (Wildman–Crippen LogP) is 6.70. The van der Waals surface area contributed by atoms with E-state index in [1.165, 1.54) is 0 Å². The van der Waals surface area contributed by atoms with Gasteiger partial charge in [-0.25, -0.2) is 9.59 Å². The fraction of sp³-hybridized carbons (Fsp3) is 0.393. The molecule has 0 saturated carbocycles. The topological polar surface area (TPSA) is 86.2 Å². The lowest BCUT2D eigenvalue weighted by atomic mass is 10.1. The van der Waals surface area contributed by atoms with Crippen molar-refractivity contribution in [3.63, 3.8) is 0 Å². The van der Waals surface area contributed by atoms with E-state index in [4.69, 9.17) is 14.2 Å². The van der Waals surface area contributed by atoms with Crippen LogP contribution in [0.1, 0.15) is 64.7 Å². The van der Waals surface area contributed by atoms with Crippen LogP contribution in [-0.2, 0) is 22.5 Å². The first-order chi connectivity index (χ1) is 16.3. The number of benzene rings is 2. The quantitative estimate of drug-likeness (QED) is 0.352. The standard InChI is InChI=1S/C28H36N2O5/c1-8-20-12-11-13-21(18-20)19-33-23-15-10-9-14-22(23)16-17-24(29-25(31)34-27(2,3)4)30-26(32)35-28(5,6)7/h8-15,18H,1,16-17,19H2,2-7H3,(H,29,30,31,32). The number of aliphatic imine (C=N–C) groups is 1. The number of carbonyl (C=O) groups is 2. The number of alkyl carbamates (subject to hydrolysis) is 1. The lowest BCUT2D eigenvalue weighted by molar-refractivity contribution is 0.0561. The van der Waals surface area contributed by atoms with E-state index in [9.17, 15) is 9.59 Å². The Hall–Kier alpha value is -3.61. The molecule has 2 aromatic carbocycles. The van der Waals surface area contributed by atoms with Crippen molar-refractivity contribution >= 4 is 24.1 Å². The monoisotopic (exact) mass is 480 g/mol. The van der Waals surface area contributed by atoms with Crippen molar-refractivity contribution < 1.29 is 23.8 Å². The summed E-state index contributed by atoms with van der Waals surface area (Å²) in [7, 11) is 0. The minimum absolute atomic E-state index is 0.155. The zero-order chi connectivity index (χ0) is 26.1. The molecule has 0 unspecified atom stereocenters. The fourth-order valence-electron chi connectivity index (χ4n) is 3.04. The highest BCUT2D eigenvalue weighted by atomic mass is 16.6. The molecule has 0 aliphatic rings. The van der Waals surface area contributed by atoms with Crippen molar-refractivity contribution in [3.8, 4) is 5.75 Å². The van der Waals surface area contributed by atoms with Gasteiger partial charge in [-0.15, -0.1) is 0 Å². The zero-order valence-corrected chi connectivity index (χ0v) is 21.5. The van der Waals surface area contributed by atoms with Gasteiger partial charge in [-0.1, -0.05) is 49.1 Å². The average molecular weight is 481 g/mol. The molecule has 0 heterocycles. The molecule has 0 spiro atoms. The number of nitrogens with one attached hydrogen (secondary N) is 1. The van der Waals surface area contributed by atoms with Crippen LogP contribution in [0.3, 0.4) is 0 Å². The molecule has 0 aromatic heterocycles. The molecule has 0 saturated heterocycles. The summed E-state index contributed by atoms with van der Waals surface area (Å²) in [5, 5.41) is 2.59. The van der Waals surface area contributed by atoms with Crippen molar-refractivity contribution in [1.82, 2.24) is 5.32 Å². The van der Waals surface area contributed by atoms with Gasteiger partial charge in [0.05, 0.1) is 0 Å². The Morgan fingerprint density at radius 2 is 1.66 bits per heavy atom. The Bertz CT molecular complexity index is 1060. The number of carbonyl (C=O) groups excluding carboxylic acids is 2. The summed E-state index contributed by atoms with van der Waals surface area (Å²) in [4.78, 5) is 28.6. The van der Waals surface area contributed by atoms with Crippen LogP contribution in [0.15, 0.2) is 60.1 Å². The largest absolute Gasteiger partial charge is 0.489 e. The minimum atomic E-state index is -0.782. The summed E-state index contributed by atoms with van der Waals surface area (Å²) >= 11 is 0. The fourth-order valence-corrected chi connectivity index (χ4v) is 3.04. The maximum atomic E-state index is 12.3. The molecule has 0 aliphatic heterocycles. The molecule has 2 rings (SSSR count). The SMILES string of the molecule is C=Cc1cccc(COc2ccccc2CCC(=NC(=O)OC(C)(C)C)NC(=O)OC(C)(C)C)c1. The van der Waals surface area contributed by atoms with Gasteiger partial charge in [-0.2, -0.15) is 4.99 Å². The molecule has 7 nitrogen and oxygen atoms in total. The first-order valence-electron chi connectivity index (χ1n) is 11.6. The van der Waals surface area contributed by atoms with Crippen LogP contribution in [0, 0.1) is 0 Å². The second-order valence-electron chi connectivity index (χ2n) is 10.0. The molecular weight excluding hydrogens is 444 g/mol. The van der Waals surface area contributed by atoms with Gasteiger partial charge in [-0.05, 0) is 76.8 Å². The molecule has 35 heavy (non-hydrogen) atoms. The van der Waals surface area contributed by atoms with E-state index in [0.717, 1.165) is 16.7 Å². The number of amidine groups is 1. The van der Waals surface area contributed by atoms with Crippen LogP contribution in [0.25, 0.3) is 6.08 Å². The summed E-state index contributed by atoms with van der Waals surface area (Å²) < 4.78 is 16.7. The average Bonchev–Trinajstić information content (AvgIpc) is 2.74. The molecule has 7 heteroatoms. The van der Waals surface area contributed by atoms with Crippen LogP contribution in [0.2, 0.25) is 0 Å². The van der Waals surface area contributed by atoms with E-state index in [-0.39, 0.29) is 12.3 Å². The van der Waals surface area contributed by atoms with Crippen molar-refractivity contribution in [2.45, 2.75) is 72.2 Å². The van der Waals surface area contributed by atoms with E-state index in [0.29, 0.717) is 18.8 Å². The molecule has 2 amide bonds. The number of hydrogen-bond acceptors (Lipinski definition) is 5. The van der Waals surface area contributed by atoms with E-state index < -0.39 is 23.4 Å². The Kier molecular flexibility index (Phi) is 9.63. The van der Waals surface area contributed by atoms with Gasteiger partial charge < -0.3 is 14.2 Å². The number of aryl methyl sites for hydroxylation is 1. The van der Waals surface area contributed by atoms with Gasteiger partial charge in [0.1, 0.15) is 29.4 Å². The lowest BCUT2D eigenvalue weighted by Gasteiger charge is -2.21. The summed E-state index contributed by atoms with van der Waals surface area (Å²) in [6.07, 6.45) is 1.06. The van der Waals surface area contributed by atoms with Crippen LogP contribution >= 0.6 is 0 Å². The Labute approximate surface area is 208 Å². The Morgan fingerprint density at radius 1 is 0.971 bits per heavy atom. The lowest BCUT2D eigenvalue weighted by Crippen LogP contribution is -2.37. The Balaban J connectivity index is 2.14. The summed E-state index contributed by atoms with van der Waals surface area (Å²) in [5.74, 6) is 0.868. The number of para-hydroxylation sites is 1. The van der Waals surface area contributed by atoms with Gasteiger partial charge in [-0.3, -0.25) is 5.32 Å².